The van der Waals surface area contributed by atoms with Gasteiger partial charge in [-0.3, -0.25) is 9.59 Å². The second-order valence-electron chi connectivity index (χ2n) is 7.98. The van der Waals surface area contributed by atoms with Crippen LogP contribution in [0.2, 0.25) is 0 Å². The molecule has 0 bridgehead atoms. The predicted octanol–water partition coefficient (Wildman–Crippen LogP) is 4.36. The zero-order chi connectivity index (χ0) is 18.0. The molecule has 125 valence electrons. The second-order valence-corrected chi connectivity index (χ2v) is 7.98. The highest BCUT2D eigenvalue weighted by Crippen LogP contribution is 2.39. The summed E-state index contributed by atoms with van der Waals surface area (Å²) in [7, 11) is 0. The number of ketones is 2. The highest BCUT2D eigenvalue weighted by atomic mass is 16.3. The molecule has 3 heteroatoms. The largest absolute Gasteiger partial charge is 0.507 e. The minimum atomic E-state index is -0.392. The first-order valence-corrected chi connectivity index (χ1v) is 7.76. The third kappa shape index (κ3) is 5.34. The standard InChI is InChI=1S/C20H27O3/c1-13(21)10-15(22)9-8-14-11-16(19(2,3)4)18(23)17(12-14)20(5,6)7/h8-9,11-12,23H,1,10H2,2-7H3. The Kier molecular flexibility index (Phi) is 5.57. The van der Waals surface area contributed by atoms with E-state index in [9.17, 15) is 14.7 Å². The number of rotatable bonds is 4. The van der Waals surface area contributed by atoms with Crippen LogP contribution in [-0.4, -0.2) is 16.7 Å². The Balaban J connectivity index is 3.37. The van der Waals surface area contributed by atoms with Crippen molar-refractivity contribution in [2.24, 2.45) is 0 Å². The highest BCUT2D eigenvalue weighted by molar-refractivity contribution is 6.07. The molecule has 0 aliphatic heterocycles. The summed E-state index contributed by atoms with van der Waals surface area (Å²) in [5.41, 5.74) is 2.07. The van der Waals surface area contributed by atoms with Crippen molar-refractivity contribution in [1.82, 2.24) is 0 Å². The van der Waals surface area contributed by atoms with Gasteiger partial charge in [-0.25, -0.2) is 0 Å². The third-order valence-electron chi connectivity index (χ3n) is 3.58. The van der Waals surface area contributed by atoms with E-state index in [4.69, 9.17) is 0 Å². The molecule has 0 unspecified atom stereocenters. The van der Waals surface area contributed by atoms with Crippen LogP contribution in [-0.2, 0) is 20.4 Å². The molecule has 1 rings (SSSR count). The fraction of sp³-hybridized carbons (Fsp3) is 0.450. The van der Waals surface area contributed by atoms with Gasteiger partial charge in [0.05, 0.1) is 6.42 Å². The predicted molar refractivity (Wildman–Crippen MR) is 94.5 cm³/mol. The van der Waals surface area contributed by atoms with Gasteiger partial charge in [0.15, 0.2) is 5.78 Å². The topological polar surface area (TPSA) is 54.4 Å². The summed E-state index contributed by atoms with van der Waals surface area (Å²) in [5.74, 6) is -0.356. The summed E-state index contributed by atoms with van der Waals surface area (Å²) in [4.78, 5) is 22.5. The molecule has 1 aromatic rings. The smallest absolute Gasteiger partial charge is 0.163 e. The highest BCUT2D eigenvalue weighted by Gasteiger charge is 2.26. The zero-order valence-electron chi connectivity index (χ0n) is 15.0. The van der Waals surface area contributed by atoms with Gasteiger partial charge >= 0.3 is 0 Å². The van der Waals surface area contributed by atoms with Gasteiger partial charge < -0.3 is 5.11 Å². The average molecular weight is 315 g/mol. The van der Waals surface area contributed by atoms with Crippen LogP contribution in [0.15, 0.2) is 18.2 Å². The molecule has 0 aliphatic rings. The number of Topliss-reactive ketones (excluding diaryl/α,β-unsaturated/α-hetero) is 1. The van der Waals surface area contributed by atoms with Crippen LogP contribution in [0.1, 0.15) is 64.7 Å². The van der Waals surface area contributed by atoms with E-state index in [1.54, 1.807) is 6.08 Å². The lowest BCUT2D eigenvalue weighted by molar-refractivity contribution is -0.122. The van der Waals surface area contributed by atoms with E-state index in [1.807, 2.05) is 53.7 Å². The normalized spacial score (nSPS) is 12.7. The fourth-order valence-corrected chi connectivity index (χ4v) is 2.34. The SMILES string of the molecule is [CH2]C(=O)CC(=O)C=Cc1cc(C(C)(C)C)c(O)c(C(C)(C)C)c1. The van der Waals surface area contributed by atoms with Crippen LogP contribution < -0.4 is 0 Å². The lowest BCUT2D eigenvalue weighted by atomic mass is 9.78. The summed E-state index contributed by atoms with van der Waals surface area (Å²) in [6, 6.07) is 3.78. The molecule has 0 spiro atoms. The quantitative estimate of drug-likeness (QED) is 0.663. The van der Waals surface area contributed by atoms with Gasteiger partial charge in [-0.2, -0.15) is 0 Å². The van der Waals surface area contributed by atoms with Crippen LogP contribution in [0.25, 0.3) is 6.08 Å². The van der Waals surface area contributed by atoms with Crippen molar-refractivity contribution in [3.63, 3.8) is 0 Å². The van der Waals surface area contributed by atoms with Crippen molar-refractivity contribution in [3.05, 3.63) is 41.8 Å². The number of carbonyl (C=O) groups excluding carboxylic acids is 2. The van der Waals surface area contributed by atoms with Gasteiger partial charge in [0.1, 0.15) is 11.5 Å². The van der Waals surface area contributed by atoms with Crippen molar-refractivity contribution >= 4 is 17.6 Å². The maximum Gasteiger partial charge on any atom is 0.163 e. The molecule has 0 saturated carbocycles. The van der Waals surface area contributed by atoms with E-state index >= 15 is 0 Å². The number of benzene rings is 1. The summed E-state index contributed by atoms with van der Waals surface area (Å²) in [6.45, 7) is 15.4. The first-order chi connectivity index (χ1) is 10.3. The van der Waals surface area contributed by atoms with Crippen LogP contribution >= 0.6 is 0 Å². The van der Waals surface area contributed by atoms with Crippen molar-refractivity contribution < 1.29 is 14.7 Å². The minimum Gasteiger partial charge on any atom is -0.507 e. The maximum absolute atomic E-state index is 11.7. The van der Waals surface area contributed by atoms with E-state index < -0.39 is 5.78 Å². The van der Waals surface area contributed by atoms with Crippen LogP contribution in [0.4, 0.5) is 0 Å². The molecule has 1 aromatic carbocycles. The van der Waals surface area contributed by atoms with Gasteiger partial charge in [-0.15, -0.1) is 0 Å². The molecular weight excluding hydrogens is 288 g/mol. The van der Waals surface area contributed by atoms with Gasteiger partial charge in [0.2, 0.25) is 0 Å². The Hall–Kier alpha value is -1.90. The Bertz CT molecular complexity index is 603. The molecule has 0 saturated heterocycles. The number of hydrogen-bond acceptors (Lipinski definition) is 3. The van der Waals surface area contributed by atoms with Crippen molar-refractivity contribution in [2.75, 3.05) is 0 Å². The van der Waals surface area contributed by atoms with E-state index in [-0.39, 0.29) is 23.0 Å². The van der Waals surface area contributed by atoms with E-state index in [0.29, 0.717) is 5.75 Å². The Morgan fingerprint density at radius 2 is 1.48 bits per heavy atom. The van der Waals surface area contributed by atoms with Gasteiger partial charge in [-0.05, 0) is 34.6 Å². The number of phenolic OH excluding ortho intramolecular Hbond substituents is 1. The van der Waals surface area contributed by atoms with Crippen LogP contribution in [0.5, 0.6) is 5.75 Å². The van der Waals surface area contributed by atoms with Crippen molar-refractivity contribution in [2.45, 2.75) is 58.8 Å². The van der Waals surface area contributed by atoms with Crippen LogP contribution in [0, 0.1) is 6.92 Å². The number of hydrogen-bond donors (Lipinski definition) is 1. The molecule has 1 radical (unpaired) electrons. The molecule has 1 N–H and O–H groups in total. The first-order valence-electron chi connectivity index (χ1n) is 7.76. The fourth-order valence-electron chi connectivity index (χ4n) is 2.34. The average Bonchev–Trinajstić information content (AvgIpc) is 2.33. The van der Waals surface area contributed by atoms with Gasteiger partial charge in [0.25, 0.3) is 0 Å². The molecule has 0 amide bonds. The third-order valence-corrected chi connectivity index (χ3v) is 3.58. The van der Waals surface area contributed by atoms with Crippen molar-refractivity contribution in [3.8, 4) is 5.75 Å². The number of allylic oxidation sites excluding steroid dienone is 1. The molecule has 0 heterocycles. The molecule has 0 aliphatic carbocycles. The van der Waals surface area contributed by atoms with Crippen LogP contribution in [0.3, 0.4) is 0 Å². The molecule has 23 heavy (non-hydrogen) atoms. The molecule has 0 aromatic heterocycles. The zero-order valence-corrected chi connectivity index (χ0v) is 15.0. The maximum atomic E-state index is 11.7. The Morgan fingerprint density at radius 1 is 1.04 bits per heavy atom. The number of aromatic hydroxyl groups is 1. The summed E-state index contributed by atoms with van der Waals surface area (Å²) in [5, 5.41) is 10.6. The number of carbonyl (C=O) groups is 2. The molecule has 3 nitrogen and oxygen atoms in total. The van der Waals surface area contributed by atoms with E-state index in [1.165, 1.54) is 6.08 Å². The van der Waals surface area contributed by atoms with Gasteiger partial charge in [0, 0.05) is 18.1 Å². The summed E-state index contributed by atoms with van der Waals surface area (Å²) >= 11 is 0. The van der Waals surface area contributed by atoms with E-state index in [2.05, 4.69) is 6.92 Å². The van der Waals surface area contributed by atoms with Gasteiger partial charge in [-0.1, -0.05) is 47.6 Å². The first kappa shape index (κ1) is 19.1. The monoisotopic (exact) mass is 315 g/mol. The molecular formula is C20H27O3. The van der Waals surface area contributed by atoms with Crippen molar-refractivity contribution in [1.29, 1.82) is 0 Å². The minimum absolute atomic E-state index is 0.188. The molecule has 0 fully saturated rings. The Labute approximate surface area is 139 Å². The lowest BCUT2D eigenvalue weighted by Gasteiger charge is -2.27. The van der Waals surface area contributed by atoms with E-state index in [0.717, 1.165) is 16.7 Å². The second kappa shape index (κ2) is 6.69. The Morgan fingerprint density at radius 3 is 1.83 bits per heavy atom. The molecule has 0 atom stereocenters. The lowest BCUT2D eigenvalue weighted by Crippen LogP contribution is -2.17. The summed E-state index contributed by atoms with van der Waals surface area (Å²) < 4.78 is 0. The summed E-state index contributed by atoms with van der Waals surface area (Å²) in [6.07, 6.45) is 2.90. The number of phenols is 1.